The second-order valence-corrected chi connectivity index (χ2v) is 9.45. The summed E-state index contributed by atoms with van der Waals surface area (Å²) in [5.74, 6) is -0.508. The number of benzene rings is 2. The third-order valence-electron chi connectivity index (χ3n) is 3.93. The lowest BCUT2D eigenvalue weighted by Crippen LogP contribution is -2.39. The van der Waals surface area contributed by atoms with Crippen molar-refractivity contribution >= 4 is 49.9 Å². The molecular weight excluding hydrogens is 477 g/mol. The molecular formula is C19H22IN3O3S. The summed E-state index contributed by atoms with van der Waals surface area (Å²) >= 11 is 2.21. The lowest BCUT2D eigenvalue weighted by Gasteiger charge is -2.23. The lowest BCUT2D eigenvalue weighted by molar-refractivity contribution is -0.119. The maximum Gasteiger partial charge on any atom is 0.260 e. The van der Waals surface area contributed by atoms with Crippen molar-refractivity contribution in [3.63, 3.8) is 0 Å². The van der Waals surface area contributed by atoms with Gasteiger partial charge < -0.3 is 0 Å². The fourth-order valence-corrected chi connectivity index (χ4v) is 3.70. The molecule has 0 atom stereocenters. The number of aryl methyl sites for hydroxylation is 2. The van der Waals surface area contributed by atoms with Gasteiger partial charge in [0.1, 0.15) is 6.54 Å². The number of nitrogens with one attached hydrogen (secondary N) is 1. The summed E-state index contributed by atoms with van der Waals surface area (Å²) in [6, 6.07) is 13.2. The number of hydrogen-bond donors (Lipinski definition) is 1. The first kappa shape index (κ1) is 21.4. The average molecular weight is 499 g/mol. The van der Waals surface area contributed by atoms with Crippen LogP contribution in [0, 0.1) is 17.4 Å². The SMILES string of the molecule is C/C(=N/NC(=O)CN(c1cc(C)ccc1C)S(C)(=O)=O)c1ccc(I)cc1. The van der Waals surface area contributed by atoms with Crippen LogP contribution in [0.3, 0.4) is 0 Å². The molecule has 0 saturated heterocycles. The fraction of sp³-hybridized carbons (Fsp3) is 0.263. The zero-order valence-electron chi connectivity index (χ0n) is 15.7. The van der Waals surface area contributed by atoms with Crippen molar-refractivity contribution in [2.75, 3.05) is 17.1 Å². The zero-order valence-corrected chi connectivity index (χ0v) is 18.6. The minimum absolute atomic E-state index is 0.341. The first-order valence-electron chi connectivity index (χ1n) is 8.22. The summed E-state index contributed by atoms with van der Waals surface area (Å²) in [5.41, 5.74) is 6.14. The molecule has 1 amide bonds. The Labute approximate surface area is 173 Å². The van der Waals surface area contributed by atoms with E-state index < -0.39 is 15.9 Å². The molecule has 0 aliphatic heterocycles. The Kier molecular flexibility index (Phi) is 6.99. The van der Waals surface area contributed by atoms with Gasteiger partial charge in [-0.1, -0.05) is 24.3 Å². The summed E-state index contributed by atoms with van der Waals surface area (Å²) in [4.78, 5) is 12.3. The Morgan fingerprint density at radius 1 is 1.15 bits per heavy atom. The van der Waals surface area contributed by atoms with E-state index in [1.807, 2.05) is 50.2 Å². The van der Waals surface area contributed by atoms with Gasteiger partial charge in [0.25, 0.3) is 5.91 Å². The van der Waals surface area contributed by atoms with Crippen LogP contribution in [-0.4, -0.2) is 32.8 Å². The molecule has 0 spiro atoms. The third kappa shape index (κ3) is 6.03. The number of sulfonamides is 1. The first-order valence-corrected chi connectivity index (χ1v) is 11.1. The largest absolute Gasteiger partial charge is 0.271 e. The van der Waals surface area contributed by atoms with Crippen molar-refractivity contribution in [2.24, 2.45) is 5.10 Å². The van der Waals surface area contributed by atoms with Crippen LogP contribution in [0.25, 0.3) is 0 Å². The predicted octanol–water partition coefficient (Wildman–Crippen LogP) is 3.21. The Morgan fingerprint density at radius 2 is 1.78 bits per heavy atom. The molecule has 2 aromatic carbocycles. The number of carbonyl (C=O) groups is 1. The lowest BCUT2D eigenvalue weighted by atomic mass is 10.1. The van der Waals surface area contributed by atoms with Crippen molar-refractivity contribution < 1.29 is 13.2 Å². The van der Waals surface area contributed by atoms with Crippen LogP contribution in [0.4, 0.5) is 5.69 Å². The summed E-state index contributed by atoms with van der Waals surface area (Å²) < 4.78 is 26.7. The van der Waals surface area contributed by atoms with E-state index in [9.17, 15) is 13.2 Å². The van der Waals surface area contributed by atoms with Crippen LogP contribution >= 0.6 is 22.6 Å². The van der Waals surface area contributed by atoms with E-state index in [4.69, 9.17) is 0 Å². The van der Waals surface area contributed by atoms with Gasteiger partial charge in [-0.25, -0.2) is 13.8 Å². The first-order chi connectivity index (χ1) is 12.6. The Morgan fingerprint density at radius 3 is 2.37 bits per heavy atom. The molecule has 0 heterocycles. The van der Waals surface area contributed by atoms with Gasteiger partial charge in [-0.05, 0) is 78.3 Å². The Bertz CT molecular complexity index is 970. The highest BCUT2D eigenvalue weighted by atomic mass is 127. The number of halogens is 1. The van der Waals surface area contributed by atoms with Gasteiger partial charge in [0.15, 0.2) is 0 Å². The highest BCUT2D eigenvalue weighted by Gasteiger charge is 2.22. The molecule has 144 valence electrons. The van der Waals surface area contributed by atoms with Crippen molar-refractivity contribution in [2.45, 2.75) is 20.8 Å². The number of anilines is 1. The maximum atomic E-state index is 12.3. The second kappa shape index (κ2) is 8.83. The summed E-state index contributed by atoms with van der Waals surface area (Å²) in [6.45, 7) is 5.12. The van der Waals surface area contributed by atoms with Crippen molar-refractivity contribution in [3.8, 4) is 0 Å². The van der Waals surface area contributed by atoms with Crippen LogP contribution in [0.2, 0.25) is 0 Å². The van der Waals surface area contributed by atoms with Crippen molar-refractivity contribution in [1.82, 2.24) is 5.43 Å². The number of nitrogens with zero attached hydrogens (tertiary/aromatic N) is 2. The second-order valence-electron chi connectivity index (χ2n) is 6.30. The smallest absolute Gasteiger partial charge is 0.260 e. The minimum atomic E-state index is -3.62. The molecule has 8 heteroatoms. The molecule has 0 unspecified atom stereocenters. The van der Waals surface area contributed by atoms with Crippen LogP contribution in [0.15, 0.2) is 47.6 Å². The number of hydrogen-bond acceptors (Lipinski definition) is 4. The van der Waals surface area contributed by atoms with Crippen LogP contribution in [0.5, 0.6) is 0 Å². The van der Waals surface area contributed by atoms with Crippen molar-refractivity contribution in [3.05, 3.63) is 62.7 Å². The molecule has 0 aromatic heterocycles. The Balaban J connectivity index is 2.18. The fourth-order valence-electron chi connectivity index (χ4n) is 2.44. The number of amides is 1. The van der Waals surface area contributed by atoms with E-state index >= 15 is 0 Å². The molecule has 2 rings (SSSR count). The van der Waals surface area contributed by atoms with E-state index in [0.29, 0.717) is 11.4 Å². The topological polar surface area (TPSA) is 78.8 Å². The predicted molar refractivity (Wildman–Crippen MR) is 118 cm³/mol. The number of rotatable bonds is 6. The quantitative estimate of drug-likeness (QED) is 0.377. The van der Waals surface area contributed by atoms with Gasteiger partial charge in [0.05, 0.1) is 17.7 Å². The molecule has 6 nitrogen and oxygen atoms in total. The normalized spacial score (nSPS) is 12.0. The van der Waals surface area contributed by atoms with Gasteiger partial charge in [0.2, 0.25) is 10.0 Å². The van der Waals surface area contributed by atoms with Crippen molar-refractivity contribution in [1.29, 1.82) is 0 Å². The summed E-state index contributed by atoms with van der Waals surface area (Å²) in [5, 5.41) is 4.09. The average Bonchev–Trinajstić information content (AvgIpc) is 2.59. The summed E-state index contributed by atoms with van der Waals surface area (Å²) in [7, 11) is -3.62. The molecule has 27 heavy (non-hydrogen) atoms. The molecule has 1 N–H and O–H groups in total. The molecule has 0 radical (unpaired) electrons. The van der Waals surface area contributed by atoms with Gasteiger partial charge in [-0.3, -0.25) is 9.10 Å². The zero-order chi connectivity index (χ0) is 20.2. The minimum Gasteiger partial charge on any atom is -0.271 e. The molecule has 0 saturated carbocycles. The van der Waals surface area contributed by atoms with Gasteiger partial charge in [-0.2, -0.15) is 5.10 Å². The van der Waals surface area contributed by atoms with E-state index in [1.54, 1.807) is 13.0 Å². The Hall–Kier alpha value is -1.94. The van der Waals surface area contributed by atoms with E-state index in [0.717, 1.165) is 30.8 Å². The van der Waals surface area contributed by atoms with E-state index in [-0.39, 0.29) is 6.54 Å². The number of carbonyl (C=O) groups excluding carboxylic acids is 1. The monoisotopic (exact) mass is 499 g/mol. The molecule has 0 aliphatic carbocycles. The van der Waals surface area contributed by atoms with E-state index in [2.05, 4.69) is 33.1 Å². The van der Waals surface area contributed by atoms with Gasteiger partial charge in [0, 0.05) is 3.57 Å². The summed E-state index contributed by atoms with van der Waals surface area (Å²) in [6.07, 6.45) is 1.09. The van der Waals surface area contributed by atoms with E-state index in [1.165, 1.54) is 0 Å². The standard InChI is InChI=1S/C19H22IN3O3S/c1-13-5-6-14(2)18(11-13)23(27(4,25)26)12-19(24)22-21-15(3)16-7-9-17(20)10-8-16/h5-11H,12H2,1-4H3,(H,22,24)/b21-15-. The van der Waals surface area contributed by atoms with Gasteiger partial charge in [-0.15, -0.1) is 0 Å². The molecule has 2 aromatic rings. The van der Waals surface area contributed by atoms with Crippen LogP contribution in [0.1, 0.15) is 23.6 Å². The van der Waals surface area contributed by atoms with Crippen LogP contribution in [-0.2, 0) is 14.8 Å². The highest BCUT2D eigenvalue weighted by Crippen LogP contribution is 2.23. The molecule has 0 bridgehead atoms. The van der Waals surface area contributed by atoms with Gasteiger partial charge >= 0.3 is 0 Å². The molecule has 0 fully saturated rings. The number of hydrazone groups is 1. The third-order valence-corrected chi connectivity index (χ3v) is 5.78. The molecule has 0 aliphatic rings. The maximum absolute atomic E-state index is 12.3. The van der Waals surface area contributed by atoms with Crippen LogP contribution < -0.4 is 9.73 Å². The highest BCUT2D eigenvalue weighted by molar-refractivity contribution is 14.1.